The number of benzene rings is 1. The number of unbranched alkanes of at least 4 members (excludes halogenated alkanes) is 1. The van der Waals surface area contributed by atoms with E-state index >= 15 is 0 Å². The van der Waals surface area contributed by atoms with Crippen LogP contribution >= 0.6 is 35.1 Å². The Morgan fingerprint density at radius 3 is 2.86 bits per heavy atom. The van der Waals surface area contributed by atoms with Crippen molar-refractivity contribution in [3.8, 4) is 0 Å². The van der Waals surface area contributed by atoms with E-state index in [0.717, 1.165) is 37.9 Å². The van der Waals surface area contributed by atoms with Gasteiger partial charge in [-0.05, 0) is 50.5 Å². The summed E-state index contributed by atoms with van der Waals surface area (Å²) in [5.74, 6) is -0.329. The van der Waals surface area contributed by atoms with Gasteiger partial charge in [0.25, 0.3) is 0 Å². The van der Waals surface area contributed by atoms with Gasteiger partial charge in [-0.2, -0.15) is 4.37 Å². The van der Waals surface area contributed by atoms with Gasteiger partial charge in [-0.25, -0.2) is 9.37 Å². The molecule has 1 aromatic carbocycles. The van der Waals surface area contributed by atoms with Crippen LogP contribution in [0.2, 0.25) is 5.02 Å². The average molecular weight is 362 g/mol. The molecule has 0 amide bonds. The zero-order chi connectivity index (χ0) is 15.8. The van der Waals surface area contributed by atoms with E-state index in [1.807, 2.05) is 7.05 Å². The van der Waals surface area contributed by atoms with Crippen molar-refractivity contribution in [1.29, 1.82) is 0 Å². The van der Waals surface area contributed by atoms with Gasteiger partial charge in [-0.1, -0.05) is 11.6 Å². The Hall–Kier alpha value is -1.09. The van der Waals surface area contributed by atoms with Crippen molar-refractivity contribution in [3.05, 3.63) is 29.3 Å². The number of rotatable bonds is 9. The third-order valence-electron chi connectivity index (χ3n) is 2.80. The van der Waals surface area contributed by atoms with Crippen molar-refractivity contribution in [2.75, 3.05) is 30.2 Å². The van der Waals surface area contributed by atoms with Gasteiger partial charge >= 0.3 is 0 Å². The molecule has 0 fully saturated rings. The van der Waals surface area contributed by atoms with Crippen LogP contribution in [0.15, 0.2) is 23.4 Å². The number of anilines is 2. The highest BCUT2D eigenvalue weighted by Gasteiger charge is 2.10. The lowest BCUT2D eigenvalue weighted by Gasteiger charge is -2.11. The van der Waals surface area contributed by atoms with Gasteiger partial charge in [0.05, 0.1) is 15.6 Å². The topological polar surface area (TPSA) is 61.9 Å². The molecule has 0 saturated carbocycles. The maximum absolute atomic E-state index is 14.1. The third-order valence-corrected chi connectivity index (χ3v) is 4.65. The molecule has 0 atom stereocenters. The predicted octanol–water partition coefficient (Wildman–Crippen LogP) is 3.86. The molecule has 1 aromatic heterocycles. The van der Waals surface area contributed by atoms with Crippen molar-refractivity contribution >= 4 is 45.9 Å². The Bertz CT molecular complexity index is 582. The van der Waals surface area contributed by atoms with Crippen LogP contribution in [0, 0.1) is 5.82 Å². The van der Waals surface area contributed by atoms with Crippen LogP contribution in [-0.2, 0) is 0 Å². The summed E-state index contributed by atoms with van der Waals surface area (Å²) in [6.07, 6.45) is 3.50. The number of hydrogen-bond donors (Lipinski definition) is 3. The lowest BCUT2D eigenvalue weighted by atomic mass is 10.2. The molecule has 3 N–H and O–H groups in total. The van der Waals surface area contributed by atoms with Crippen LogP contribution < -0.4 is 15.4 Å². The first-order chi connectivity index (χ1) is 10.7. The fourth-order valence-electron chi connectivity index (χ4n) is 1.71. The smallest absolute Gasteiger partial charge is 0.212 e. The number of aromatic nitrogens is 2. The molecule has 2 aromatic rings. The molecule has 0 aliphatic rings. The van der Waals surface area contributed by atoms with E-state index in [1.165, 1.54) is 23.9 Å². The summed E-state index contributed by atoms with van der Waals surface area (Å²) in [5, 5.41) is 7.36. The Morgan fingerprint density at radius 2 is 2.14 bits per heavy atom. The molecule has 0 saturated heterocycles. The van der Waals surface area contributed by atoms with Gasteiger partial charge < -0.3 is 15.4 Å². The van der Waals surface area contributed by atoms with Crippen LogP contribution in [0.3, 0.4) is 0 Å². The lowest BCUT2D eigenvalue weighted by molar-refractivity contribution is 0.602. The van der Waals surface area contributed by atoms with Crippen LogP contribution in [0.25, 0.3) is 0 Å². The zero-order valence-corrected chi connectivity index (χ0v) is 14.4. The van der Waals surface area contributed by atoms with Gasteiger partial charge in [-0.3, -0.25) is 0 Å². The van der Waals surface area contributed by atoms with E-state index in [4.69, 9.17) is 11.6 Å². The maximum Gasteiger partial charge on any atom is 0.212 e. The molecule has 5 nitrogen and oxygen atoms in total. The molecule has 9 heteroatoms. The molecule has 1 heterocycles. The average Bonchev–Trinajstić information content (AvgIpc) is 3.02. The molecule has 0 bridgehead atoms. The number of hydrogen-bond acceptors (Lipinski definition) is 7. The highest BCUT2D eigenvalue weighted by Crippen LogP contribution is 2.31. The van der Waals surface area contributed by atoms with Crippen molar-refractivity contribution in [2.24, 2.45) is 0 Å². The van der Waals surface area contributed by atoms with Crippen molar-refractivity contribution in [3.63, 3.8) is 0 Å². The van der Waals surface area contributed by atoms with E-state index in [-0.39, 0.29) is 5.82 Å². The first kappa shape index (κ1) is 17.3. The Kier molecular flexibility index (Phi) is 7.17. The zero-order valence-electron chi connectivity index (χ0n) is 12.0. The van der Waals surface area contributed by atoms with Gasteiger partial charge in [0, 0.05) is 18.1 Å². The Morgan fingerprint density at radius 1 is 1.32 bits per heavy atom. The van der Waals surface area contributed by atoms with Crippen molar-refractivity contribution in [2.45, 2.75) is 17.7 Å². The predicted molar refractivity (Wildman–Crippen MR) is 92.4 cm³/mol. The molecule has 0 spiro atoms. The molecule has 120 valence electrons. The first-order valence-electron chi connectivity index (χ1n) is 6.77. The lowest BCUT2D eigenvalue weighted by Crippen LogP contribution is -2.10. The van der Waals surface area contributed by atoms with E-state index in [2.05, 4.69) is 24.7 Å². The minimum absolute atomic E-state index is 0.329. The molecule has 0 radical (unpaired) electrons. The van der Waals surface area contributed by atoms with E-state index in [0.29, 0.717) is 20.7 Å². The quantitative estimate of drug-likeness (QED) is 0.465. The largest absolute Gasteiger partial charge is 0.384 e. The third kappa shape index (κ3) is 5.28. The van der Waals surface area contributed by atoms with E-state index < -0.39 is 0 Å². The fraction of sp³-hybridized carbons (Fsp3) is 0.385. The summed E-state index contributed by atoms with van der Waals surface area (Å²) < 4.78 is 20.9. The van der Waals surface area contributed by atoms with Gasteiger partial charge in [0.15, 0.2) is 0 Å². The molecule has 22 heavy (non-hydrogen) atoms. The minimum atomic E-state index is -0.329. The monoisotopic (exact) mass is 361 g/mol. The van der Waals surface area contributed by atoms with Crippen LogP contribution in [-0.4, -0.2) is 29.5 Å². The van der Waals surface area contributed by atoms with Gasteiger partial charge in [0.1, 0.15) is 12.1 Å². The summed E-state index contributed by atoms with van der Waals surface area (Å²) >= 11 is 8.53. The summed E-state index contributed by atoms with van der Waals surface area (Å²) in [5.41, 5.74) is 0.615. The number of nitrogens with zero attached hydrogens (tertiary/aromatic N) is 2. The number of halogens is 2. The minimum Gasteiger partial charge on any atom is -0.384 e. The molecule has 0 unspecified atom stereocenters. The summed E-state index contributed by atoms with van der Waals surface area (Å²) in [6.45, 7) is 1.73. The molecular weight excluding hydrogens is 345 g/mol. The number of nitrogens with one attached hydrogen (secondary N) is 3. The maximum atomic E-state index is 14.1. The van der Waals surface area contributed by atoms with E-state index in [9.17, 15) is 4.39 Å². The summed E-state index contributed by atoms with van der Waals surface area (Å²) in [7, 11) is 1.92. The standard InChI is InChI=1S/C13H17ClFN5S2/c1-16-4-2-3-5-17-11-7-10(15)12(6-9(11)14)21-20-13-18-8-19-22-13/h6-8,16-17H,2-5H2,1H3,(H,18,19,20). The Labute approximate surface area is 142 Å². The molecular formula is C13H17ClFN5S2. The summed E-state index contributed by atoms with van der Waals surface area (Å²) in [6, 6.07) is 3.02. The highest BCUT2D eigenvalue weighted by atomic mass is 35.5. The summed E-state index contributed by atoms with van der Waals surface area (Å²) in [4.78, 5) is 4.39. The van der Waals surface area contributed by atoms with Gasteiger partial charge in [0.2, 0.25) is 5.13 Å². The molecule has 0 aliphatic heterocycles. The van der Waals surface area contributed by atoms with E-state index in [1.54, 1.807) is 6.07 Å². The van der Waals surface area contributed by atoms with Crippen LogP contribution in [0.4, 0.5) is 15.2 Å². The Balaban J connectivity index is 1.89. The second-order valence-corrected chi connectivity index (χ2v) is 6.49. The SMILES string of the molecule is CNCCCCNc1cc(F)c(SNc2ncns2)cc1Cl. The van der Waals surface area contributed by atoms with Gasteiger partial charge in [-0.15, -0.1) is 0 Å². The van der Waals surface area contributed by atoms with Crippen molar-refractivity contribution in [1.82, 2.24) is 14.7 Å². The van der Waals surface area contributed by atoms with Crippen LogP contribution in [0.1, 0.15) is 12.8 Å². The van der Waals surface area contributed by atoms with Crippen LogP contribution in [0.5, 0.6) is 0 Å². The second-order valence-electron chi connectivity index (χ2n) is 4.45. The highest BCUT2D eigenvalue weighted by molar-refractivity contribution is 8.00. The molecule has 2 rings (SSSR count). The first-order valence-corrected chi connectivity index (χ1v) is 8.74. The fourth-order valence-corrected chi connectivity index (χ4v) is 3.15. The normalized spacial score (nSPS) is 10.7. The van der Waals surface area contributed by atoms with Crippen molar-refractivity contribution < 1.29 is 4.39 Å². The second kappa shape index (κ2) is 9.14. The molecule has 0 aliphatic carbocycles.